The second kappa shape index (κ2) is 8.96. The number of ether oxygens (including phenoxy) is 1. The lowest BCUT2D eigenvalue weighted by Gasteiger charge is -2.35. The van der Waals surface area contributed by atoms with Crippen LogP contribution in [0.4, 0.5) is 0 Å². The monoisotopic (exact) mass is 356 g/mol. The van der Waals surface area contributed by atoms with Crippen molar-refractivity contribution in [1.82, 2.24) is 20.0 Å². The van der Waals surface area contributed by atoms with Gasteiger partial charge >= 0.3 is 0 Å². The van der Waals surface area contributed by atoms with E-state index < -0.39 is 0 Å². The van der Waals surface area contributed by atoms with E-state index in [0.717, 1.165) is 38.4 Å². The van der Waals surface area contributed by atoms with Crippen LogP contribution in [-0.4, -0.2) is 59.5 Å². The molecule has 1 N–H and O–H groups in total. The van der Waals surface area contributed by atoms with Crippen LogP contribution in [-0.2, 0) is 4.74 Å². The average molecular weight is 356 g/mol. The Morgan fingerprint density at radius 2 is 1.96 bits per heavy atom. The Bertz CT molecular complexity index is 693. The van der Waals surface area contributed by atoms with E-state index in [1.165, 1.54) is 0 Å². The molecule has 0 radical (unpaired) electrons. The van der Waals surface area contributed by atoms with E-state index in [1.807, 2.05) is 30.3 Å². The summed E-state index contributed by atoms with van der Waals surface area (Å²) < 4.78 is 7.18. The van der Waals surface area contributed by atoms with E-state index in [2.05, 4.69) is 29.2 Å². The number of nitrogens with zero attached hydrogens (tertiary/aromatic N) is 3. The van der Waals surface area contributed by atoms with Gasteiger partial charge in [0.15, 0.2) is 0 Å². The summed E-state index contributed by atoms with van der Waals surface area (Å²) in [5.41, 5.74) is 1.52. The molecule has 26 heavy (non-hydrogen) atoms. The van der Waals surface area contributed by atoms with Crippen molar-refractivity contribution in [1.29, 1.82) is 0 Å². The first-order valence-corrected chi connectivity index (χ1v) is 9.33. The van der Waals surface area contributed by atoms with Gasteiger partial charge in [-0.05, 0) is 24.5 Å². The van der Waals surface area contributed by atoms with Gasteiger partial charge in [0, 0.05) is 31.9 Å². The zero-order chi connectivity index (χ0) is 18.4. The van der Waals surface area contributed by atoms with Gasteiger partial charge in [-0.3, -0.25) is 9.69 Å². The fraction of sp³-hybridized carbons (Fsp3) is 0.500. The minimum Gasteiger partial charge on any atom is -0.379 e. The van der Waals surface area contributed by atoms with Gasteiger partial charge in [0.05, 0.1) is 30.7 Å². The zero-order valence-electron chi connectivity index (χ0n) is 15.6. The van der Waals surface area contributed by atoms with Crippen LogP contribution in [0.25, 0.3) is 5.69 Å². The van der Waals surface area contributed by atoms with Gasteiger partial charge in [-0.2, -0.15) is 5.10 Å². The van der Waals surface area contributed by atoms with Crippen LogP contribution in [0, 0.1) is 5.92 Å². The molecule has 1 saturated heterocycles. The summed E-state index contributed by atoms with van der Waals surface area (Å²) in [6.45, 7) is 8.49. The van der Waals surface area contributed by atoms with E-state index >= 15 is 0 Å². The Kier molecular flexibility index (Phi) is 6.41. The highest BCUT2D eigenvalue weighted by molar-refractivity contribution is 5.93. The lowest BCUT2D eigenvalue weighted by atomic mass is 10.0. The van der Waals surface area contributed by atoms with E-state index in [0.29, 0.717) is 24.1 Å². The smallest absolute Gasteiger partial charge is 0.254 e. The average Bonchev–Trinajstić information content (AvgIpc) is 3.16. The number of aromatic nitrogens is 2. The highest BCUT2D eigenvalue weighted by Crippen LogP contribution is 2.13. The molecule has 2 aromatic rings. The number of amides is 1. The lowest BCUT2D eigenvalue weighted by molar-refractivity contribution is 0.0124. The Morgan fingerprint density at radius 3 is 2.65 bits per heavy atom. The standard InChI is InChI=1S/C20H28N4O2/c1-16(2)12-19(23-8-10-26-11-9-23)14-21-20(25)17-13-22-24(15-17)18-6-4-3-5-7-18/h3-7,13,15-16,19H,8-12,14H2,1-2H3,(H,21,25). The van der Waals surface area contributed by atoms with E-state index in [1.54, 1.807) is 17.1 Å². The second-order valence-corrected chi connectivity index (χ2v) is 7.15. The minimum absolute atomic E-state index is 0.0748. The van der Waals surface area contributed by atoms with E-state index in [-0.39, 0.29) is 5.91 Å². The number of benzene rings is 1. The predicted molar refractivity (Wildman–Crippen MR) is 102 cm³/mol. The van der Waals surface area contributed by atoms with Crippen molar-refractivity contribution >= 4 is 5.91 Å². The minimum atomic E-state index is -0.0748. The molecule has 1 fully saturated rings. The van der Waals surface area contributed by atoms with E-state index in [9.17, 15) is 4.79 Å². The summed E-state index contributed by atoms with van der Waals surface area (Å²) in [4.78, 5) is 15.0. The Balaban J connectivity index is 1.60. The van der Waals surface area contributed by atoms with Gasteiger partial charge < -0.3 is 10.1 Å². The highest BCUT2D eigenvalue weighted by atomic mass is 16.5. The maximum Gasteiger partial charge on any atom is 0.254 e. The fourth-order valence-corrected chi connectivity index (χ4v) is 3.32. The number of hydrogen-bond donors (Lipinski definition) is 1. The maximum atomic E-state index is 12.6. The zero-order valence-corrected chi connectivity index (χ0v) is 15.6. The van der Waals surface area contributed by atoms with Crippen molar-refractivity contribution in [2.24, 2.45) is 5.92 Å². The normalized spacial score (nSPS) is 16.6. The molecular weight excluding hydrogens is 328 g/mol. The molecule has 1 aromatic heterocycles. The summed E-state index contributed by atoms with van der Waals surface area (Å²) in [7, 11) is 0. The van der Waals surface area contributed by atoms with Gasteiger partial charge in [0.1, 0.15) is 0 Å². The quantitative estimate of drug-likeness (QED) is 0.827. The number of carbonyl (C=O) groups excluding carboxylic acids is 1. The molecule has 1 aromatic carbocycles. The molecule has 0 bridgehead atoms. The molecule has 6 nitrogen and oxygen atoms in total. The first kappa shape index (κ1) is 18.6. The highest BCUT2D eigenvalue weighted by Gasteiger charge is 2.22. The van der Waals surface area contributed by atoms with Gasteiger partial charge in [-0.1, -0.05) is 32.0 Å². The number of hydrogen-bond acceptors (Lipinski definition) is 4. The third-order valence-corrected chi connectivity index (χ3v) is 4.67. The van der Waals surface area contributed by atoms with Crippen molar-refractivity contribution in [3.8, 4) is 5.69 Å². The van der Waals surface area contributed by atoms with Crippen LogP contribution < -0.4 is 5.32 Å². The van der Waals surface area contributed by atoms with Crippen molar-refractivity contribution < 1.29 is 9.53 Å². The van der Waals surface area contributed by atoms with Gasteiger partial charge in [0.2, 0.25) is 0 Å². The largest absolute Gasteiger partial charge is 0.379 e. The summed E-state index contributed by atoms with van der Waals surface area (Å²) in [5, 5.41) is 7.39. The third-order valence-electron chi connectivity index (χ3n) is 4.67. The number of morpholine rings is 1. The van der Waals surface area contributed by atoms with Crippen molar-refractivity contribution in [2.45, 2.75) is 26.3 Å². The van der Waals surface area contributed by atoms with Crippen LogP contribution in [0.3, 0.4) is 0 Å². The van der Waals surface area contributed by atoms with Crippen LogP contribution >= 0.6 is 0 Å². The molecule has 0 spiro atoms. The maximum absolute atomic E-state index is 12.6. The van der Waals surface area contributed by atoms with Gasteiger partial charge in [-0.25, -0.2) is 4.68 Å². The predicted octanol–water partition coefficient (Wildman–Crippen LogP) is 2.35. The lowest BCUT2D eigenvalue weighted by Crippen LogP contribution is -2.49. The molecule has 1 aliphatic heterocycles. The number of carbonyl (C=O) groups is 1. The van der Waals surface area contributed by atoms with Crippen LogP contribution in [0.5, 0.6) is 0 Å². The molecule has 6 heteroatoms. The molecule has 140 valence electrons. The molecule has 1 aliphatic rings. The molecule has 0 aliphatic carbocycles. The van der Waals surface area contributed by atoms with Crippen molar-refractivity contribution in [2.75, 3.05) is 32.8 Å². The van der Waals surface area contributed by atoms with Crippen molar-refractivity contribution in [3.05, 3.63) is 48.3 Å². The summed E-state index contributed by atoms with van der Waals surface area (Å²) in [5.74, 6) is 0.509. The molecule has 2 heterocycles. The SMILES string of the molecule is CC(C)CC(CNC(=O)c1cnn(-c2ccccc2)c1)N1CCOCC1. The van der Waals surface area contributed by atoms with Crippen LogP contribution in [0.2, 0.25) is 0 Å². The molecule has 1 amide bonds. The number of para-hydroxylation sites is 1. The fourth-order valence-electron chi connectivity index (χ4n) is 3.32. The Hall–Kier alpha value is -2.18. The number of rotatable bonds is 7. The second-order valence-electron chi connectivity index (χ2n) is 7.15. The molecule has 3 rings (SSSR count). The van der Waals surface area contributed by atoms with Gasteiger partial charge in [0.25, 0.3) is 5.91 Å². The first-order chi connectivity index (χ1) is 12.6. The van der Waals surface area contributed by atoms with Crippen LogP contribution in [0.15, 0.2) is 42.7 Å². The number of nitrogens with one attached hydrogen (secondary N) is 1. The Labute approximate surface area is 155 Å². The topological polar surface area (TPSA) is 59.4 Å². The Morgan fingerprint density at radius 1 is 1.23 bits per heavy atom. The molecular formula is C20H28N4O2. The molecule has 1 atom stereocenters. The van der Waals surface area contributed by atoms with Crippen LogP contribution in [0.1, 0.15) is 30.6 Å². The van der Waals surface area contributed by atoms with E-state index in [4.69, 9.17) is 4.74 Å². The summed E-state index contributed by atoms with van der Waals surface area (Å²) in [6.07, 6.45) is 4.45. The first-order valence-electron chi connectivity index (χ1n) is 9.33. The summed E-state index contributed by atoms with van der Waals surface area (Å²) in [6, 6.07) is 10.1. The molecule has 1 unspecified atom stereocenters. The third kappa shape index (κ3) is 4.93. The van der Waals surface area contributed by atoms with Crippen molar-refractivity contribution in [3.63, 3.8) is 0 Å². The summed E-state index contributed by atoms with van der Waals surface area (Å²) >= 11 is 0. The van der Waals surface area contributed by atoms with Gasteiger partial charge in [-0.15, -0.1) is 0 Å². The molecule has 0 saturated carbocycles.